The van der Waals surface area contributed by atoms with Gasteiger partial charge in [0.15, 0.2) is 22.3 Å². The van der Waals surface area contributed by atoms with Crippen LogP contribution in [0.3, 0.4) is 0 Å². The highest BCUT2D eigenvalue weighted by molar-refractivity contribution is 7.17. The molecule has 0 saturated carbocycles. The first-order chi connectivity index (χ1) is 9.02. The van der Waals surface area contributed by atoms with Gasteiger partial charge in [0.1, 0.15) is 4.88 Å². The predicted molar refractivity (Wildman–Crippen MR) is 69.2 cm³/mol. The number of nitrogens with zero attached hydrogens (tertiary/aromatic N) is 3. The molecule has 2 aromatic heterocycles. The van der Waals surface area contributed by atoms with E-state index in [2.05, 4.69) is 19.7 Å². The van der Waals surface area contributed by atoms with E-state index in [0.717, 1.165) is 16.9 Å². The van der Waals surface area contributed by atoms with E-state index >= 15 is 0 Å². The van der Waals surface area contributed by atoms with Crippen LogP contribution in [-0.2, 0) is 4.74 Å². The van der Waals surface area contributed by atoms with E-state index in [1.807, 2.05) is 6.92 Å². The molecule has 0 aliphatic rings. The van der Waals surface area contributed by atoms with Gasteiger partial charge in [-0.05, 0) is 12.5 Å². The minimum Gasteiger partial charge on any atom is -0.464 e. The lowest BCUT2D eigenvalue weighted by molar-refractivity contribution is 0.0591. The number of esters is 1. The van der Waals surface area contributed by atoms with E-state index in [-0.39, 0.29) is 16.4 Å². The van der Waals surface area contributed by atoms with Crippen molar-refractivity contribution in [2.75, 3.05) is 7.11 Å². The van der Waals surface area contributed by atoms with Crippen LogP contribution in [0.25, 0.3) is 10.8 Å². The summed E-state index contributed by atoms with van der Waals surface area (Å²) in [4.78, 5) is 35.7. The fourth-order valence-corrected chi connectivity index (χ4v) is 2.29. The first kappa shape index (κ1) is 13.3. The molecule has 0 aliphatic heterocycles. The Balaban J connectivity index is 2.51. The molecule has 0 atom stereocenters. The number of ketones is 1. The summed E-state index contributed by atoms with van der Waals surface area (Å²) < 4.78 is 4.61. The Bertz CT molecular complexity index is 634. The van der Waals surface area contributed by atoms with Gasteiger partial charge in [-0.25, -0.2) is 19.7 Å². The smallest absolute Gasteiger partial charge is 0.358 e. The molecular formula is C12H11N3O3S. The molecule has 0 aromatic carbocycles. The molecule has 0 bridgehead atoms. The number of Topliss-reactive ketones (excluding diaryl/α,β-unsaturated/α-hetero) is 1. The van der Waals surface area contributed by atoms with E-state index < -0.39 is 5.97 Å². The second kappa shape index (κ2) is 5.23. The van der Waals surface area contributed by atoms with Crippen LogP contribution in [0, 0.1) is 6.92 Å². The number of carbonyl (C=O) groups excluding carboxylic acids is 2. The van der Waals surface area contributed by atoms with Gasteiger partial charge in [-0.1, -0.05) is 0 Å². The molecule has 7 heteroatoms. The molecule has 0 saturated heterocycles. The summed E-state index contributed by atoms with van der Waals surface area (Å²) in [5.41, 5.74) is 0.930. The summed E-state index contributed by atoms with van der Waals surface area (Å²) in [6.45, 7) is 3.24. The Kier molecular flexibility index (Phi) is 3.66. The number of aryl methyl sites for hydroxylation is 1. The Hall–Kier alpha value is -2.15. The Morgan fingerprint density at radius 1 is 1.26 bits per heavy atom. The third kappa shape index (κ3) is 2.65. The van der Waals surface area contributed by atoms with Crippen molar-refractivity contribution in [3.63, 3.8) is 0 Å². The normalized spacial score (nSPS) is 10.3. The monoisotopic (exact) mass is 277 g/mol. The number of carbonyl (C=O) groups is 2. The van der Waals surface area contributed by atoms with Gasteiger partial charge in [-0.3, -0.25) is 4.79 Å². The molecular weight excluding hydrogens is 266 g/mol. The Labute approximate surface area is 113 Å². The van der Waals surface area contributed by atoms with Crippen LogP contribution in [0.5, 0.6) is 0 Å². The standard InChI is InChI=1S/C12H11N3O3S/c1-6-4-13-10(14-5-6)11-15-8(12(17)18-3)9(19-11)7(2)16/h4-5H,1-3H3. The largest absolute Gasteiger partial charge is 0.464 e. The maximum atomic E-state index is 11.6. The summed E-state index contributed by atoms with van der Waals surface area (Å²) in [6, 6.07) is 0. The van der Waals surface area contributed by atoms with Gasteiger partial charge in [0.25, 0.3) is 0 Å². The van der Waals surface area contributed by atoms with Crippen LogP contribution in [0.2, 0.25) is 0 Å². The molecule has 98 valence electrons. The molecule has 2 aromatic rings. The van der Waals surface area contributed by atoms with E-state index in [4.69, 9.17) is 0 Å². The number of methoxy groups -OCH3 is 1. The van der Waals surface area contributed by atoms with Crippen molar-refractivity contribution in [3.8, 4) is 10.8 Å². The van der Waals surface area contributed by atoms with Crippen molar-refractivity contribution in [2.24, 2.45) is 0 Å². The SMILES string of the molecule is COC(=O)c1nc(-c2ncc(C)cn2)sc1C(C)=O. The summed E-state index contributed by atoms with van der Waals surface area (Å²) in [5.74, 6) is -0.496. The molecule has 0 radical (unpaired) electrons. The number of hydrogen-bond donors (Lipinski definition) is 0. The van der Waals surface area contributed by atoms with Gasteiger partial charge in [-0.2, -0.15) is 0 Å². The summed E-state index contributed by atoms with van der Waals surface area (Å²) in [5, 5.41) is 0.422. The van der Waals surface area contributed by atoms with Crippen LogP contribution in [0.15, 0.2) is 12.4 Å². The number of ether oxygens (including phenoxy) is 1. The van der Waals surface area contributed by atoms with Crippen molar-refractivity contribution >= 4 is 23.1 Å². The number of rotatable bonds is 3. The molecule has 0 amide bonds. The van der Waals surface area contributed by atoms with Gasteiger partial charge in [-0.15, -0.1) is 11.3 Å². The summed E-state index contributed by atoms with van der Waals surface area (Å²) >= 11 is 1.08. The van der Waals surface area contributed by atoms with Crippen molar-refractivity contribution in [3.05, 3.63) is 28.5 Å². The maximum absolute atomic E-state index is 11.6. The van der Waals surface area contributed by atoms with Crippen molar-refractivity contribution in [1.29, 1.82) is 0 Å². The Morgan fingerprint density at radius 3 is 2.42 bits per heavy atom. The molecule has 0 N–H and O–H groups in total. The first-order valence-electron chi connectivity index (χ1n) is 5.42. The minimum absolute atomic E-state index is 0.0131. The molecule has 2 rings (SSSR count). The van der Waals surface area contributed by atoms with Gasteiger partial charge < -0.3 is 4.74 Å². The molecule has 0 unspecified atom stereocenters. The average Bonchev–Trinajstić information content (AvgIpc) is 2.84. The van der Waals surface area contributed by atoms with E-state index in [1.165, 1.54) is 14.0 Å². The second-order valence-electron chi connectivity index (χ2n) is 3.83. The van der Waals surface area contributed by atoms with E-state index in [9.17, 15) is 9.59 Å². The van der Waals surface area contributed by atoms with Gasteiger partial charge in [0, 0.05) is 19.3 Å². The molecule has 0 aliphatic carbocycles. The highest BCUT2D eigenvalue weighted by Crippen LogP contribution is 2.26. The number of thiazole rings is 1. The maximum Gasteiger partial charge on any atom is 0.358 e. The van der Waals surface area contributed by atoms with Crippen molar-refractivity contribution in [2.45, 2.75) is 13.8 Å². The van der Waals surface area contributed by atoms with Crippen LogP contribution in [0.1, 0.15) is 32.6 Å². The zero-order chi connectivity index (χ0) is 14.0. The average molecular weight is 277 g/mol. The fourth-order valence-electron chi connectivity index (χ4n) is 1.39. The zero-order valence-corrected chi connectivity index (χ0v) is 11.4. The Morgan fingerprint density at radius 2 is 1.89 bits per heavy atom. The van der Waals surface area contributed by atoms with Crippen molar-refractivity contribution in [1.82, 2.24) is 15.0 Å². The lowest BCUT2D eigenvalue weighted by Gasteiger charge is -1.95. The molecule has 19 heavy (non-hydrogen) atoms. The topological polar surface area (TPSA) is 82.0 Å². The fraction of sp³-hybridized carbons (Fsp3) is 0.250. The first-order valence-corrected chi connectivity index (χ1v) is 6.23. The lowest BCUT2D eigenvalue weighted by Crippen LogP contribution is -2.07. The van der Waals surface area contributed by atoms with Gasteiger partial charge >= 0.3 is 5.97 Å². The van der Waals surface area contributed by atoms with E-state index in [1.54, 1.807) is 12.4 Å². The number of hydrogen-bond acceptors (Lipinski definition) is 7. The van der Waals surface area contributed by atoms with Crippen LogP contribution in [-0.4, -0.2) is 33.8 Å². The van der Waals surface area contributed by atoms with Crippen molar-refractivity contribution < 1.29 is 14.3 Å². The van der Waals surface area contributed by atoms with Crippen LogP contribution >= 0.6 is 11.3 Å². The quantitative estimate of drug-likeness (QED) is 0.629. The summed E-state index contributed by atoms with van der Waals surface area (Å²) in [7, 11) is 1.24. The third-order valence-corrected chi connectivity index (χ3v) is 3.45. The zero-order valence-electron chi connectivity index (χ0n) is 10.6. The highest BCUT2D eigenvalue weighted by atomic mass is 32.1. The van der Waals surface area contributed by atoms with Gasteiger partial charge in [0.2, 0.25) is 0 Å². The van der Waals surface area contributed by atoms with Crippen LogP contribution < -0.4 is 0 Å². The second-order valence-corrected chi connectivity index (χ2v) is 4.83. The molecule has 0 fully saturated rings. The third-order valence-electron chi connectivity index (χ3n) is 2.30. The summed E-state index contributed by atoms with van der Waals surface area (Å²) in [6.07, 6.45) is 3.30. The minimum atomic E-state index is -0.639. The van der Waals surface area contributed by atoms with Gasteiger partial charge in [0.05, 0.1) is 7.11 Å². The molecule has 0 spiro atoms. The predicted octanol–water partition coefficient (Wildman–Crippen LogP) is 1.90. The highest BCUT2D eigenvalue weighted by Gasteiger charge is 2.23. The van der Waals surface area contributed by atoms with Crippen LogP contribution in [0.4, 0.5) is 0 Å². The molecule has 6 nitrogen and oxygen atoms in total. The van der Waals surface area contributed by atoms with E-state index in [0.29, 0.717) is 10.8 Å². The lowest BCUT2D eigenvalue weighted by atomic mass is 10.3. The number of aromatic nitrogens is 3. The molecule has 2 heterocycles.